The molecule has 0 radical (unpaired) electrons. The smallest absolute Gasteiger partial charge is 0.278 e. The summed E-state index contributed by atoms with van der Waals surface area (Å²) < 4.78 is 10.5. The molecule has 1 aromatic carbocycles. The zero-order chi connectivity index (χ0) is 22.8. The third kappa shape index (κ3) is 4.17. The fraction of sp³-hybridized carbons (Fsp3) is 0.250. The van der Waals surface area contributed by atoms with E-state index >= 15 is 0 Å². The Kier molecular flexibility index (Phi) is 5.52. The average Bonchev–Trinajstić information content (AvgIpc) is 3.64. The molecule has 9 nitrogen and oxygen atoms in total. The Morgan fingerprint density at radius 2 is 1.82 bits per heavy atom. The van der Waals surface area contributed by atoms with Crippen LogP contribution in [0.5, 0.6) is 0 Å². The summed E-state index contributed by atoms with van der Waals surface area (Å²) in [5, 5.41) is 11.2. The number of rotatable bonds is 5. The zero-order valence-corrected chi connectivity index (χ0v) is 18.1. The number of nitrogens with one attached hydrogen (secondary N) is 1. The monoisotopic (exact) mass is 445 g/mol. The largest absolute Gasteiger partial charge is 0.461 e. The fourth-order valence-electron chi connectivity index (χ4n) is 4.06. The molecule has 0 aliphatic carbocycles. The first-order valence-electron chi connectivity index (χ1n) is 10.8. The molecule has 4 heterocycles. The summed E-state index contributed by atoms with van der Waals surface area (Å²) in [7, 11) is 1.73. The van der Waals surface area contributed by atoms with Crippen LogP contribution in [0.4, 0.5) is 5.69 Å². The van der Waals surface area contributed by atoms with E-state index in [1.165, 1.54) is 6.26 Å². The lowest BCUT2D eigenvalue weighted by molar-refractivity contribution is 0.0701. The fourth-order valence-corrected chi connectivity index (χ4v) is 4.06. The summed E-state index contributed by atoms with van der Waals surface area (Å²) in [5.74, 6) is 0.812. The van der Waals surface area contributed by atoms with Crippen LogP contribution in [0, 0.1) is 0 Å². The van der Waals surface area contributed by atoms with Gasteiger partial charge in [-0.25, -0.2) is 0 Å². The Morgan fingerprint density at radius 1 is 1.03 bits per heavy atom. The van der Waals surface area contributed by atoms with Crippen molar-refractivity contribution >= 4 is 17.5 Å². The van der Waals surface area contributed by atoms with Gasteiger partial charge in [-0.2, -0.15) is 5.10 Å². The number of aromatic nitrogens is 3. The molecule has 3 aromatic heterocycles. The summed E-state index contributed by atoms with van der Waals surface area (Å²) in [4.78, 5) is 29.0. The predicted molar refractivity (Wildman–Crippen MR) is 120 cm³/mol. The number of anilines is 1. The minimum atomic E-state index is -0.172. The second-order valence-electron chi connectivity index (χ2n) is 8.03. The highest BCUT2D eigenvalue weighted by Crippen LogP contribution is 2.29. The van der Waals surface area contributed by atoms with E-state index in [-0.39, 0.29) is 23.4 Å². The highest BCUT2D eigenvalue weighted by atomic mass is 16.5. The third-order valence-electron chi connectivity index (χ3n) is 5.98. The number of carbonyl (C=O) groups excluding carboxylic acids is 2. The minimum absolute atomic E-state index is 0.167. The lowest BCUT2D eigenvalue weighted by Gasteiger charge is -2.30. The zero-order valence-electron chi connectivity index (χ0n) is 18.1. The molecule has 9 heteroatoms. The first-order chi connectivity index (χ1) is 16.1. The lowest BCUT2D eigenvalue weighted by atomic mass is 9.93. The molecule has 5 rings (SSSR count). The minimum Gasteiger partial charge on any atom is -0.461 e. The molecule has 0 saturated carbocycles. The number of piperidine rings is 1. The molecule has 1 aliphatic rings. The predicted octanol–water partition coefficient (Wildman–Crippen LogP) is 3.95. The van der Waals surface area contributed by atoms with Crippen LogP contribution in [0.25, 0.3) is 11.5 Å². The summed E-state index contributed by atoms with van der Waals surface area (Å²) >= 11 is 0. The normalized spacial score (nSPS) is 14.4. The number of furan rings is 1. The van der Waals surface area contributed by atoms with Crippen LogP contribution < -0.4 is 4.90 Å². The van der Waals surface area contributed by atoms with Crippen LogP contribution in [-0.4, -0.2) is 52.2 Å². The van der Waals surface area contributed by atoms with Gasteiger partial charge in [0.1, 0.15) is 0 Å². The molecule has 0 atom stereocenters. The molecule has 1 aliphatic heterocycles. The van der Waals surface area contributed by atoms with Crippen molar-refractivity contribution in [3.8, 4) is 11.5 Å². The van der Waals surface area contributed by atoms with Crippen molar-refractivity contribution in [1.82, 2.24) is 20.3 Å². The highest BCUT2D eigenvalue weighted by molar-refractivity contribution is 6.04. The first-order valence-corrected chi connectivity index (χ1v) is 10.8. The molecular weight excluding hydrogens is 422 g/mol. The molecule has 33 heavy (non-hydrogen) atoms. The van der Waals surface area contributed by atoms with E-state index in [1.54, 1.807) is 35.0 Å². The molecule has 1 saturated heterocycles. The number of aromatic amines is 1. The van der Waals surface area contributed by atoms with Crippen molar-refractivity contribution in [3.05, 3.63) is 77.9 Å². The number of likely N-dealkylation sites (tertiary alicyclic amines) is 1. The van der Waals surface area contributed by atoms with Gasteiger partial charge in [-0.05, 0) is 43.2 Å². The number of carbonyl (C=O) groups is 2. The van der Waals surface area contributed by atoms with Crippen LogP contribution in [0.15, 0.2) is 69.8 Å². The Morgan fingerprint density at radius 3 is 2.55 bits per heavy atom. The van der Waals surface area contributed by atoms with Gasteiger partial charge in [-0.15, -0.1) is 0 Å². The summed E-state index contributed by atoms with van der Waals surface area (Å²) in [6, 6.07) is 16.4. The Bertz CT molecular complexity index is 1240. The van der Waals surface area contributed by atoms with Crippen molar-refractivity contribution in [1.29, 1.82) is 0 Å². The quantitative estimate of drug-likeness (QED) is 0.498. The number of H-pyrrole nitrogens is 1. The van der Waals surface area contributed by atoms with Gasteiger partial charge in [0.2, 0.25) is 5.76 Å². The van der Waals surface area contributed by atoms with Crippen LogP contribution in [0.3, 0.4) is 0 Å². The van der Waals surface area contributed by atoms with Gasteiger partial charge in [0, 0.05) is 43.5 Å². The van der Waals surface area contributed by atoms with E-state index in [1.807, 2.05) is 36.4 Å². The van der Waals surface area contributed by atoms with Crippen molar-refractivity contribution < 1.29 is 18.5 Å². The van der Waals surface area contributed by atoms with Crippen molar-refractivity contribution in [2.45, 2.75) is 18.8 Å². The van der Waals surface area contributed by atoms with Crippen molar-refractivity contribution in [2.24, 2.45) is 0 Å². The average molecular weight is 445 g/mol. The number of hydrogen-bond acceptors (Lipinski definition) is 6. The van der Waals surface area contributed by atoms with Crippen LogP contribution in [0.2, 0.25) is 0 Å². The summed E-state index contributed by atoms with van der Waals surface area (Å²) in [6.07, 6.45) is 3.07. The summed E-state index contributed by atoms with van der Waals surface area (Å²) in [6.45, 7) is 1.16. The van der Waals surface area contributed by atoms with Crippen LogP contribution in [-0.2, 0) is 0 Å². The van der Waals surface area contributed by atoms with E-state index in [0.29, 0.717) is 30.3 Å². The molecule has 0 bridgehead atoms. The SMILES string of the molecule is CN(C(=O)c1cc(C2CCN(C(=O)c3cc(-c4ccco4)on3)CC2)[nH]n1)c1ccccc1. The molecule has 2 amide bonds. The Balaban J connectivity index is 1.20. The van der Waals surface area contributed by atoms with E-state index in [0.717, 1.165) is 24.2 Å². The van der Waals surface area contributed by atoms with Gasteiger partial charge in [-0.3, -0.25) is 14.7 Å². The van der Waals surface area contributed by atoms with E-state index in [2.05, 4.69) is 15.4 Å². The van der Waals surface area contributed by atoms with Gasteiger partial charge < -0.3 is 18.7 Å². The Hall–Kier alpha value is -4.14. The van der Waals surface area contributed by atoms with Gasteiger partial charge in [-0.1, -0.05) is 23.4 Å². The third-order valence-corrected chi connectivity index (χ3v) is 5.98. The number of amides is 2. The van der Waals surface area contributed by atoms with Crippen molar-refractivity contribution in [3.63, 3.8) is 0 Å². The molecule has 1 fully saturated rings. The standard InChI is InChI=1S/C24H23N5O4/c1-28(17-6-3-2-4-7-17)23(30)19-14-18(25-26-19)16-9-11-29(12-10-16)24(31)20-15-22(33-27-20)21-8-5-13-32-21/h2-8,13-16H,9-12H2,1H3,(H,25,26). The summed E-state index contributed by atoms with van der Waals surface area (Å²) in [5.41, 5.74) is 2.36. The van der Waals surface area contributed by atoms with Gasteiger partial charge >= 0.3 is 0 Å². The molecule has 0 spiro atoms. The second-order valence-corrected chi connectivity index (χ2v) is 8.03. The maximum Gasteiger partial charge on any atom is 0.278 e. The molecular formula is C24H23N5O4. The highest BCUT2D eigenvalue weighted by Gasteiger charge is 2.28. The van der Waals surface area contributed by atoms with Gasteiger partial charge in [0.15, 0.2) is 17.1 Å². The number of hydrogen-bond donors (Lipinski definition) is 1. The van der Waals surface area contributed by atoms with Gasteiger partial charge in [0.25, 0.3) is 11.8 Å². The van der Waals surface area contributed by atoms with E-state index in [4.69, 9.17) is 8.94 Å². The Labute approximate surface area is 190 Å². The van der Waals surface area contributed by atoms with Gasteiger partial charge in [0.05, 0.1) is 6.26 Å². The second kappa shape index (κ2) is 8.78. The maximum absolute atomic E-state index is 12.8. The maximum atomic E-state index is 12.8. The van der Waals surface area contributed by atoms with Crippen molar-refractivity contribution in [2.75, 3.05) is 25.0 Å². The number of para-hydroxylation sites is 1. The topological polar surface area (TPSA) is 108 Å². The molecule has 4 aromatic rings. The number of nitrogens with zero attached hydrogens (tertiary/aromatic N) is 4. The van der Waals surface area contributed by atoms with Crippen LogP contribution in [0.1, 0.15) is 45.4 Å². The number of benzene rings is 1. The molecule has 1 N–H and O–H groups in total. The first kappa shape index (κ1) is 20.7. The van der Waals surface area contributed by atoms with E-state index in [9.17, 15) is 9.59 Å². The molecule has 168 valence electrons. The van der Waals surface area contributed by atoms with E-state index < -0.39 is 0 Å². The molecule has 0 unspecified atom stereocenters. The lowest BCUT2D eigenvalue weighted by Crippen LogP contribution is -2.38. The van der Waals surface area contributed by atoms with Crippen LogP contribution >= 0.6 is 0 Å².